The van der Waals surface area contributed by atoms with Crippen molar-refractivity contribution in [1.29, 1.82) is 0 Å². The molecule has 4 N–H and O–H groups in total. The van der Waals surface area contributed by atoms with Crippen molar-refractivity contribution in [2.24, 2.45) is 5.41 Å². The van der Waals surface area contributed by atoms with E-state index in [4.69, 9.17) is 5.73 Å². The molecule has 7 heteroatoms. The molecular weight excluding hydrogens is 426 g/mol. The third-order valence-corrected chi connectivity index (χ3v) is 6.67. The molecule has 2 heterocycles. The minimum atomic E-state index is -0.246. The van der Waals surface area contributed by atoms with Crippen molar-refractivity contribution in [3.63, 3.8) is 0 Å². The molecule has 1 aliphatic heterocycles. The number of rotatable bonds is 8. The van der Waals surface area contributed by atoms with Crippen LogP contribution in [0.25, 0.3) is 11.1 Å². The van der Waals surface area contributed by atoms with Crippen molar-refractivity contribution >= 4 is 29.5 Å². The van der Waals surface area contributed by atoms with Crippen LogP contribution in [0.1, 0.15) is 36.5 Å². The number of nitrogen functional groups attached to an aromatic ring is 1. The van der Waals surface area contributed by atoms with Crippen LogP contribution in [0.15, 0.2) is 66.9 Å². The molecule has 0 bridgehead atoms. The van der Waals surface area contributed by atoms with Crippen LogP contribution in [0.4, 0.5) is 17.2 Å². The number of hydrogen-bond donors (Lipinski definition) is 3. The Kier molecular flexibility index (Phi) is 7.11. The van der Waals surface area contributed by atoms with E-state index in [9.17, 15) is 9.59 Å². The maximum absolute atomic E-state index is 12.9. The van der Waals surface area contributed by atoms with Gasteiger partial charge in [0.2, 0.25) is 6.41 Å². The number of anilines is 3. The highest BCUT2D eigenvalue weighted by molar-refractivity contribution is 6.06. The molecule has 1 aromatic heterocycles. The summed E-state index contributed by atoms with van der Waals surface area (Å²) in [7, 11) is 0. The zero-order valence-electron chi connectivity index (χ0n) is 19.5. The third kappa shape index (κ3) is 5.54. The Labute approximate surface area is 200 Å². The Morgan fingerprint density at radius 3 is 2.53 bits per heavy atom. The number of piperidine rings is 1. The van der Waals surface area contributed by atoms with Gasteiger partial charge in [0.1, 0.15) is 5.82 Å². The number of carbonyl (C=O) groups is 2. The molecule has 7 nitrogen and oxygen atoms in total. The number of amides is 2. The number of pyridine rings is 1. The zero-order chi connectivity index (χ0) is 24.0. The van der Waals surface area contributed by atoms with Crippen LogP contribution in [0.3, 0.4) is 0 Å². The van der Waals surface area contributed by atoms with E-state index >= 15 is 0 Å². The molecule has 1 aliphatic rings. The van der Waals surface area contributed by atoms with Crippen molar-refractivity contribution < 1.29 is 9.59 Å². The van der Waals surface area contributed by atoms with Crippen molar-refractivity contribution in [3.8, 4) is 11.1 Å². The molecule has 0 aliphatic carbocycles. The molecular formula is C27H31N5O2. The fourth-order valence-corrected chi connectivity index (χ4v) is 4.34. The predicted octanol–water partition coefficient (Wildman–Crippen LogP) is 4.33. The largest absolute Gasteiger partial charge is 0.397 e. The van der Waals surface area contributed by atoms with Crippen LogP contribution in [-0.4, -0.2) is 36.9 Å². The Morgan fingerprint density at radius 1 is 1.09 bits per heavy atom. The number of carbonyl (C=O) groups excluding carboxylic acids is 2. The Morgan fingerprint density at radius 2 is 1.85 bits per heavy atom. The van der Waals surface area contributed by atoms with Gasteiger partial charge in [0, 0.05) is 25.8 Å². The number of nitrogens with zero attached hydrogens (tertiary/aromatic N) is 2. The number of hydrogen-bond acceptors (Lipinski definition) is 5. The van der Waals surface area contributed by atoms with E-state index in [0.29, 0.717) is 23.5 Å². The second-order valence-electron chi connectivity index (χ2n) is 9.15. The van der Waals surface area contributed by atoms with E-state index in [0.717, 1.165) is 55.7 Å². The average molecular weight is 458 g/mol. The molecule has 0 saturated carbocycles. The lowest BCUT2D eigenvalue weighted by Gasteiger charge is -2.40. The third-order valence-electron chi connectivity index (χ3n) is 6.67. The normalized spacial score (nSPS) is 14.9. The lowest BCUT2D eigenvalue weighted by atomic mass is 9.77. The van der Waals surface area contributed by atoms with Crippen LogP contribution in [0, 0.1) is 5.41 Å². The first-order chi connectivity index (χ1) is 16.5. The Bertz CT molecular complexity index is 1120. The highest BCUT2D eigenvalue weighted by Crippen LogP contribution is 2.35. The standard InChI is InChI=1S/C27H31N5O2/c1-27(11-14-29-19-33)12-15-32(16-13-27)25-10-8-22(18-30-25)26(34)31-24-17-21(7-9-23(24)28)20-5-3-2-4-6-20/h2-10,17-19H,11-16,28H2,1H3,(H,29,33)(H,31,34). The SMILES string of the molecule is CC1(CCNC=O)CCN(c2ccc(C(=O)Nc3cc(-c4ccccc4)ccc3N)cn2)CC1. The fourth-order valence-electron chi connectivity index (χ4n) is 4.34. The van der Waals surface area contributed by atoms with Gasteiger partial charge in [-0.05, 0) is 60.1 Å². The summed E-state index contributed by atoms with van der Waals surface area (Å²) in [5.41, 5.74) is 9.95. The quantitative estimate of drug-likeness (QED) is 0.266. The van der Waals surface area contributed by atoms with Crippen LogP contribution in [0.5, 0.6) is 0 Å². The molecule has 2 amide bonds. The minimum Gasteiger partial charge on any atom is -0.397 e. The Hall–Kier alpha value is -3.87. The first-order valence-electron chi connectivity index (χ1n) is 11.6. The van der Waals surface area contributed by atoms with E-state index in [1.807, 2.05) is 48.5 Å². The molecule has 1 fully saturated rings. The average Bonchev–Trinajstić information content (AvgIpc) is 2.86. The molecule has 0 atom stereocenters. The minimum absolute atomic E-state index is 0.223. The van der Waals surface area contributed by atoms with Crippen molar-refractivity contribution in [2.75, 3.05) is 35.6 Å². The summed E-state index contributed by atoms with van der Waals surface area (Å²) in [6.45, 7) is 4.79. The van der Waals surface area contributed by atoms with Gasteiger partial charge in [-0.25, -0.2) is 4.98 Å². The van der Waals surface area contributed by atoms with Crippen LogP contribution < -0.4 is 21.3 Å². The molecule has 4 rings (SSSR count). The summed E-state index contributed by atoms with van der Waals surface area (Å²) < 4.78 is 0. The van der Waals surface area contributed by atoms with Crippen molar-refractivity contribution in [2.45, 2.75) is 26.2 Å². The maximum atomic E-state index is 12.9. The van der Waals surface area contributed by atoms with Crippen molar-refractivity contribution in [1.82, 2.24) is 10.3 Å². The lowest BCUT2D eigenvalue weighted by molar-refractivity contribution is -0.109. The lowest BCUT2D eigenvalue weighted by Crippen LogP contribution is -2.40. The summed E-state index contributed by atoms with van der Waals surface area (Å²) in [5, 5.41) is 5.68. The number of aromatic nitrogens is 1. The van der Waals surface area contributed by atoms with Gasteiger partial charge in [-0.15, -0.1) is 0 Å². The second kappa shape index (κ2) is 10.4. The van der Waals surface area contributed by atoms with Gasteiger partial charge >= 0.3 is 0 Å². The van der Waals surface area contributed by atoms with E-state index in [2.05, 4.69) is 27.4 Å². The topological polar surface area (TPSA) is 100 Å². The van der Waals surface area contributed by atoms with Crippen LogP contribution in [-0.2, 0) is 4.79 Å². The monoisotopic (exact) mass is 457 g/mol. The van der Waals surface area contributed by atoms with Crippen LogP contribution >= 0.6 is 0 Å². The predicted molar refractivity (Wildman–Crippen MR) is 137 cm³/mol. The highest BCUT2D eigenvalue weighted by Gasteiger charge is 2.30. The number of nitrogens with two attached hydrogens (primary N) is 1. The van der Waals surface area contributed by atoms with E-state index in [-0.39, 0.29) is 11.3 Å². The number of nitrogens with one attached hydrogen (secondary N) is 2. The molecule has 3 aromatic rings. The molecule has 176 valence electrons. The summed E-state index contributed by atoms with van der Waals surface area (Å²) >= 11 is 0. The van der Waals surface area contributed by atoms with E-state index < -0.39 is 0 Å². The molecule has 2 aromatic carbocycles. The molecule has 0 spiro atoms. The maximum Gasteiger partial charge on any atom is 0.257 e. The first-order valence-corrected chi connectivity index (χ1v) is 11.6. The summed E-state index contributed by atoms with van der Waals surface area (Å²) in [5.74, 6) is 0.625. The van der Waals surface area contributed by atoms with Gasteiger partial charge in [-0.2, -0.15) is 0 Å². The van der Waals surface area contributed by atoms with E-state index in [1.165, 1.54) is 0 Å². The van der Waals surface area contributed by atoms with E-state index in [1.54, 1.807) is 18.3 Å². The summed E-state index contributed by atoms with van der Waals surface area (Å²) in [4.78, 5) is 30.2. The smallest absolute Gasteiger partial charge is 0.257 e. The molecule has 0 unspecified atom stereocenters. The zero-order valence-corrected chi connectivity index (χ0v) is 19.5. The van der Waals surface area contributed by atoms with Gasteiger partial charge in [-0.3, -0.25) is 9.59 Å². The molecule has 34 heavy (non-hydrogen) atoms. The van der Waals surface area contributed by atoms with Crippen LogP contribution in [0.2, 0.25) is 0 Å². The second-order valence-corrected chi connectivity index (χ2v) is 9.15. The summed E-state index contributed by atoms with van der Waals surface area (Å²) in [6.07, 6.45) is 5.42. The van der Waals surface area contributed by atoms with Gasteiger partial charge in [0.15, 0.2) is 0 Å². The fraction of sp³-hybridized carbons (Fsp3) is 0.296. The highest BCUT2D eigenvalue weighted by atomic mass is 16.1. The summed E-state index contributed by atoms with van der Waals surface area (Å²) in [6, 6.07) is 19.3. The molecule has 1 saturated heterocycles. The van der Waals surface area contributed by atoms with Gasteiger partial charge in [0.05, 0.1) is 16.9 Å². The first kappa shape index (κ1) is 23.3. The van der Waals surface area contributed by atoms with Gasteiger partial charge in [-0.1, -0.05) is 43.3 Å². The van der Waals surface area contributed by atoms with Crippen molar-refractivity contribution in [3.05, 3.63) is 72.4 Å². The Balaban J connectivity index is 1.38. The van der Waals surface area contributed by atoms with Gasteiger partial charge < -0.3 is 21.3 Å². The number of benzene rings is 2. The molecule has 0 radical (unpaired) electrons. The van der Waals surface area contributed by atoms with Gasteiger partial charge in [0.25, 0.3) is 5.91 Å².